The van der Waals surface area contributed by atoms with Gasteiger partial charge in [0.05, 0.1) is 15.9 Å². The maximum Gasteiger partial charge on any atom is 0.186 e. The fourth-order valence-corrected chi connectivity index (χ4v) is 2.60. The fraction of sp³-hybridized carbons (Fsp3) is 0.154. The monoisotopic (exact) mass is 274 g/mol. The summed E-state index contributed by atoms with van der Waals surface area (Å²) < 4.78 is 14.8. The zero-order valence-electron chi connectivity index (χ0n) is 10.4. The summed E-state index contributed by atoms with van der Waals surface area (Å²) in [5.41, 5.74) is 2.05. The van der Waals surface area contributed by atoms with Crippen LogP contribution in [0, 0.1) is 12.7 Å². The predicted molar refractivity (Wildman–Crippen MR) is 74.9 cm³/mol. The molecule has 0 bridgehead atoms. The lowest BCUT2D eigenvalue weighted by molar-refractivity contribution is 0.607. The second-order valence-corrected chi connectivity index (χ2v) is 5.02. The molecule has 0 unspecified atom stereocenters. The Hall–Kier alpha value is -2.08. The van der Waals surface area contributed by atoms with Crippen molar-refractivity contribution in [1.29, 1.82) is 0 Å². The minimum absolute atomic E-state index is 0.203. The van der Waals surface area contributed by atoms with Crippen LogP contribution < -0.4 is 5.32 Å². The van der Waals surface area contributed by atoms with E-state index in [1.807, 2.05) is 17.5 Å². The summed E-state index contributed by atoms with van der Waals surface area (Å²) in [6.07, 6.45) is 1.71. The lowest BCUT2D eigenvalue weighted by Gasteiger charge is -2.07. The first kappa shape index (κ1) is 12.0. The molecular weight excluding hydrogens is 263 g/mol. The van der Waals surface area contributed by atoms with Crippen molar-refractivity contribution < 1.29 is 4.39 Å². The summed E-state index contributed by atoms with van der Waals surface area (Å²) in [6, 6.07) is 3.93. The van der Waals surface area contributed by atoms with Gasteiger partial charge in [0.2, 0.25) is 0 Å². The molecule has 4 nitrogen and oxygen atoms in total. The number of aryl methyl sites for hydroxylation is 1. The Labute approximate surface area is 113 Å². The molecule has 0 amide bonds. The van der Waals surface area contributed by atoms with E-state index in [1.54, 1.807) is 31.5 Å². The van der Waals surface area contributed by atoms with Crippen LogP contribution in [0.2, 0.25) is 0 Å². The highest BCUT2D eigenvalue weighted by molar-refractivity contribution is 7.17. The highest BCUT2D eigenvalue weighted by Crippen LogP contribution is 2.25. The third-order valence-electron chi connectivity index (χ3n) is 2.81. The van der Waals surface area contributed by atoms with E-state index in [2.05, 4.69) is 20.3 Å². The number of pyridine rings is 1. The molecule has 1 N–H and O–H groups in total. The number of nitrogens with zero attached hydrogens (tertiary/aromatic N) is 3. The SMILES string of the molecule is CNc1nc(-c2cnc3ccsc3c2)nc(C)c1F. The van der Waals surface area contributed by atoms with E-state index in [-0.39, 0.29) is 5.82 Å². The molecule has 6 heteroatoms. The van der Waals surface area contributed by atoms with Crippen molar-refractivity contribution in [1.82, 2.24) is 15.0 Å². The summed E-state index contributed by atoms with van der Waals surface area (Å²) in [6.45, 7) is 1.62. The quantitative estimate of drug-likeness (QED) is 0.779. The lowest BCUT2D eigenvalue weighted by Crippen LogP contribution is -2.03. The largest absolute Gasteiger partial charge is 0.371 e. The number of rotatable bonds is 2. The van der Waals surface area contributed by atoms with Crippen LogP contribution in [-0.4, -0.2) is 22.0 Å². The Kier molecular flexibility index (Phi) is 2.87. The average molecular weight is 274 g/mol. The first-order valence-corrected chi connectivity index (χ1v) is 6.62. The lowest BCUT2D eigenvalue weighted by atomic mass is 10.2. The Morgan fingerprint density at radius 2 is 2.16 bits per heavy atom. The van der Waals surface area contributed by atoms with Gasteiger partial charge < -0.3 is 5.32 Å². The number of anilines is 1. The van der Waals surface area contributed by atoms with Gasteiger partial charge in [-0.25, -0.2) is 14.4 Å². The number of nitrogens with one attached hydrogen (secondary N) is 1. The van der Waals surface area contributed by atoms with Gasteiger partial charge in [0.15, 0.2) is 17.5 Å². The molecule has 0 aromatic carbocycles. The highest BCUT2D eigenvalue weighted by atomic mass is 32.1. The summed E-state index contributed by atoms with van der Waals surface area (Å²) in [5.74, 6) is 0.260. The van der Waals surface area contributed by atoms with Gasteiger partial charge in [0, 0.05) is 18.8 Å². The number of hydrogen-bond acceptors (Lipinski definition) is 5. The van der Waals surface area contributed by atoms with Crippen molar-refractivity contribution in [2.24, 2.45) is 0 Å². The second kappa shape index (κ2) is 4.55. The first-order valence-electron chi connectivity index (χ1n) is 5.74. The molecule has 0 saturated heterocycles. The summed E-state index contributed by atoms with van der Waals surface area (Å²) >= 11 is 1.61. The van der Waals surface area contributed by atoms with E-state index in [0.29, 0.717) is 11.5 Å². The van der Waals surface area contributed by atoms with Crippen LogP contribution >= 0.6 is 11.3 Å². The third kappa shape index (κ3) is 2.04. The molecule has 0 atom stereocenters. The zero-order chi connectivity index (χ0) is 13.4. The van der Waals surface area contributed by atoms with Crippen molar-refractivity contribution in [3.05, 3.63) is 35.2 Å². The smallest absolute Gasteiger partial charge is 0.186 e. The molecular formula is C13H11FN4S. The molecule has 0 aliphatic rings. The number of fused-ring (bicyclic) bond motifs is 1. The van der Waals surface area contributed by atoms with Crippen LogP contribution in [0.15, 0.2) is 23.7 Å². The van der Waals surface area contributed by atoms with Crippen LogP contribution in [0.4, 0.5) is 10.2 Å². The minimum Gasteiger partial charge on any atom is -0.371 e. The molecule has 0 aliphatic heterocycles. The Bertz CT molecular complexity index is 753. The third-order valence-corrected chi connectivity index (χ3v) is 3.67. The van der Waals surface area contributed by atoms with E-state index in [1.165, 1.54) is 0 Å². The van der Waals surface area contributed by atoms with E-state index >= 15 is 0 Å². The van der Waals surface area contributed by atoms with Crippen molar-refractivity contribution >= 4 is 27.4 Å². The molecule has 3 aromatic heterocycles. The maximum absolute atomic E-state index is 13.7. The summed E-state index contributed by atoms with van der Waals surface area (Å²) in [4.78, 5) is 12.7. The van der Waals surface area contributed by atoms with Crippen LogP contribution in [0.1, 0.15) is 5.69 Å². The van der Waals surface area contributed by atoms with Gasteiger partial charge in [-0.15, -0.1) is 11.3 Å². The zero-order valence-corrected chi connectivity index (χ0v) is 11.3. The molecule has 0 saturated carbocycles. The number of aromatic nitrogens is 3. The van der Waals surface area contributed by atoms with Crippen molar-refractivity contribution in [2.75, 3.05) is 12.4 Å². The van der Waals surface area contributed by atoms with Gasteiger partial charge in [-0.2, -0.15) is 0 Å². The molecule has 0 radical (unpaired) electrons. The van der Waals surface area contributed by atoms with Gasteiger partial charge >= 0.3 is 0 Å². The summed E-state index contributed by atoms with van der Waals surface area (Å²) in [5, 5.41) is 4.72. The molecule has 19 heavy (non-hydrogen) atoms. The molecule has 0 aliphatic carbocycles. The van der Waals surface area contributed by atoms with Crippen LogP contribution in [0.5, 0.6) is 0 Å². The van der Waals surface area contributed by atoms with E-state index in [9.17, 15) is 4.39 Å². The number of thiophene rings is 1. The van der Waals surface area contributed by atoms with Crippen LogP contribution in [0.3, 0.4) is 0 Å². The van der Waals surface area contributed by atoms with E-state index < -0.39 is 5.82 Å². The Balaban J connectivity index is 2.17. The van der Waals surface area contributed by atoms with Gasteiger partial charge in [0.1, 0.15) is 0 Å². The van der Waals surface area contributed by atoms with Gasteiger partial charge in [-0.1, -0.05) is 0 Å². The average Bonchev–Trinajstić information content (AvgIpc) is 2.89. The van der Waals surface area contributed by atoms with E-state index in [4.69, 9.17) is 0 Å². The number of halogens is 1. The standard InChI is InChI=1S/C13H11FN4S/c1-7-11(14)13(15-2)18-12(17-7)8-5-10-9(16-6-8)3-4-19-10/h3-6H,1-2H3,(H,15,17,18). The van der Waals surface area contributed by atoms with E-state index in [0.717, 1.165) is 15.8 Å². The minimum atomic E-state index is -0.420. The van der Waals surface area contributed by atoms with Gasteiger partial charge in [-0.3, -0.25) is 4.98 Å². The Morgan fingerprint density at radius 1 is 1.32 bits per heavy atom. The normalized spacial score (nSPS) is 10.9. The topological polar surface area (TPSA) is 50.7 Å². The van der Waals surface area contributed by atoms with Crippen LogP contribution in [-0.2, 0) is 0 Å². The van der Waals surface area contributed by atoms with Gasteiger partial charge in [0.25, 0.3) is 0 Å². The maximum atomic E-state index is 13.7. The molecule has 0 spiro atoms. The Morgan fingerprint density at radius 3 is 2.95 bits per heavy atom. The first-order chi connectivity index (χ1) is 9.19. The van der Waals surface area contributed by atoms with Crippen molar-refractivity contribution in [2.45, 2.75) is 6.92 Å². The van der Waals surface area contributed by atoms with Gasteiger partial charge in [-0.05, 0) is 24.4 Å². The summed E-state index contributed by atoms with van der Waals surface area (Å²) in [7, 11) is 1.63. The van der Waals surface area contributed by atoms with Crippen molar-refractivity contribution in [3.8, 4) is 11.4 Å². The van der Waals surface area contributed by atoms with Crippen molar-refractivity contribution in [3.63, 3.8) is 0 Å². The number of hydrogen-bond donors (Lipinski definition) is 1. The van der Waals surface area contributed by atoms with Crippen LogP contribution in [0.25, 0.3) is 21.6 Å². The molecule has 96 valence electrons. The second-order valence-electron chi connectivity index (χ2n) is 4.07. The highest BCUT2D eigenvalue weighted by Gasteiger charge is 2.12. The molecule has 0 fully saturated rings. The fourth-order valence-electron chi connectivity index (χ4n) is 1.82. The molecule has 3 rings (SSSR count). The predicted octanol–water partition coefficient (Wildman–Crippen LogP) is 3.24. The molecule has 3 aromatic rings. The molecule has 3 heterocycles.